The lowest BCUT2D eigenvalue weighted by Gasteiger charge is -2.25. The van der Waals surface area contributed by atoms with Crippen molar-refractivity contribution >= 4 is 38.5 Å². The summed E-state index contributed by atoms with van der Waals surface area (Å²) in [5.74, 6) is 0.512. The van der Waals surface area contributed by atoms with Crippen molar-refractivity contribution < 1.29 is 31.6 Å². The number of sulfonamides is 1. The molecule has 5 rings (SSSR count). The fourth-order valence-corrected chi connectivity index (χ4v) is 5.69. The van der Waals surface area contributed by atoms with Gasteiger partial charge in [0.05, 0.1) is 24.1 Å². The summed E-state index contributed by atoms with van der Waals surface area (Å²) in [4.78, 5) is 24.5. The Labute approximate surface area is 237 Å². The average Bonchev–Trinajstić information content (AvgIpc) is 3.71. The molecule has 1 saturated carbocycles. The monoisotopic (exact) mass is 579 g/mol. The molecule has 1 aliphatic carbocycles. The first-order valence-electron chi connectivity index (χ1n) is 13.1. The molecule has 1 fully saturated rings. The highest BCUT2D eigenvalue weighted by Crippen LogP contribution is 2.48. The van der Waals surface area contributed by atoms with Gasteiger partial charge >= 0.3 is 0 Å². The number of nitrogens with zero attached hydrogens (tertiary/aromatic N) is 1. The summed E-state index contributed by atoms with van der Waals surface area (Å²) in [6.07, 6.45) is 2.93. The van der Waals surface area contributed by atoms with Crippen LogP contribution in [0.3, 0.4) is 0 Å². The Morgan fingerprint density at radius 1 is 1.05 bits per heavy atom. The van der Waals surface area contributed by atoms with Gasteiger partial charge in [0, 0.05) is 37.5 Å². The van der Waals surface area contributed by atoms with E-state index in [2.05, 4.69) is 10.6 Å². The number of nitrogens with one attached hydrogen (secondary N) is 2. The molecule has 0 bridgehead atoms. The van der Waals surface area contributed by atoms with E-state index < -0.39 is 10.0 Å². The van der Waals surface area contributed by atoms with Crippen molar-refractivity contribution in [1.29, 1.82) is 0 Å². The average molecular weight is 580 g/mol. The Bertz CT molecular complexity index is 1710. The number of carbonyl (C=O) groups is 2. The largest absolute Gasteiger partial charge is 0.457 e. The van der Waals surface area contributed by atoms with Crippen LogP contribution < -0.4 is 19.7 Å². The highest BCUT2D eigenvalue weighted by atomic mass is 32.2. The third-order valence-corrected chi connectivity index (χ3v) is 8.01. The van der Waals surface area contributed by atoms with Gasteiger partial charge in [0.1, 0.15) is 28.7 Å². The lowest BCUT2D eigenvalue weighted by molar-refractivity contribution is -0.118. The van der Waals surface area contributed by atoms with Crippen molar-refractivity contribution in [3.8, 4) is 22.8 Å². The van der Waals surface area contributed by atoms with E-state index in [1.54, 1.807) is 30.3 Å². The number of ether oxygens (including phenoxy) is 1. The van der Waals surface area contributed by atoms with E-state index >= 15 is 0 Å². The van der Waals surface area contributed by atoms with E-state index in [9.17, 15) is 22.4 Å². The predicted molar refractivity (Wildman–Crippen MR) is 154 cm³/mol. The van der Waals surface area contributed by atoms with Gasteiger partial charge in [-0.05, 0) is 78.9 Å². The number of amides is 2. The number of fused-ring (bicyclic) bond motifs is 1. The van der Waals surface area contributed by atoms with Crippen molar-refractivity contribution in [2.75, 3.05) is 30.7 Å². The van der Waals surface area contributed by atoms with Crippen LogP contribution in [0.1, 0.15) is 41.6 Å². The zero-order chi connectivity index (χ0) is 29.3. The summed E-state index contributed by atoms with van der Waals surface area (Å²) in [5.41, 5.74) is 2.60. The minimum atomic E-state index is -3.70. The van der Waals surface area contributed by atoms with Crippen LogP contribution >= 0.6 is 0 Å². The summed E-state index contributed by atoms with van der Waals surface area (Å²) >= 11 is 0. The molecule has 1 heterocycles. The molecule has 41 heavy (non-hydrogen) atoms. The molecular formula is C30H30FN3O6S. The van der Waals surface area contributed by atoms with Crippen LogP contribution in [0.25, 0.3) is 22.3 Å². The van der Waals surface area contributed by atoms with Crippen LogP contribution in [0, 0.1) is 5.82 Å². The Morgan fingerprint density at radius 3 is 2.24 bits per heavy atom. The second-order valence-corrected chi connectivity index (χ2v) is 11.9. The number of furan rings is 1. The minimum absolute atomic E-state index is 0.0506. The second-order valence-electron chi connectivity index (χ2n) is 9.97. The maximum Gasteiger partial charge on any atom is 0.255 e. The molecule has 214 valence electrons. The highest BCUT2D eigenvalue weighted by Gasteiger charge is 2.33. The predicted octanol–water partition coefficient (Wildman–Crippen LogP) is 5.17. The van der Waals surface area contributed by atoms with Crippen LogP contribution in [0.4, 0.5) is 10.1 Å². The molecule has 0 saturated heterocycles. The van der Waals surface area contributed by atoms with Crippen LogP contribution in [0.5, 0.6) is 11.5 Å². The summed E-state index contributed by atoms with van der Waals surface area (Å²) in [7, 11) is -2.16. The number of carbonyl (C=O) groups excluding carboxylic acids is 2. The Balaban J connectivity index is 1.58. The number of benzene rings is 3. The second kappa shape index (κ2) is 11.2. The first kappa shape index (κ1) is 28.2. The summed E-state index contributed by atoms with van der Waals surface area (Å²) in [5, 5.41) is 5.91. The van der Waals surface area contributed by atoms with Gasteiger partial charge in [-0.15, -0.1) is 0 Å². The van der Waals surface area contributed by atoms with E-state index in [0.717, 1.165) is 24.7 Å². The zero-order valence-corrected chi connectivity index (χ0v) is 23.7. The first-order chi connectivity index (χ1) is 19.5. The van der Waals surface area contributed by atoms with Crippen molar-refractivity contribution in [1.82, 2.24) is 10.6 Å². The third kappa shape index (κ3) is 6.19. The lowest BCUT2D eigenvalue weighted by Crippen LogP contribution is -2.38. The number of halogens is 1. The molecule has 4 aromatic rings. The van der Waals surface area contributed by atoms with Gasteiger partial charge in [-0.25, -0.2) is 12.8 Å². The van der Waals surface area contributed by atoms with Crippen molar-refractivity contribution in [2.45, 2.75) is 25.7 Å². The summed E-state index contributed by atoms with van der Waals surface area (Å²) < 4.78 is 52.2. The zero-order valence-electron chi connectivity index (χ0n) is 22.9. The fourth-order valence-electron chi connectivity index (χ4n) is 4.75. The highest BCUT2D eigenvalue weighted by molar-refractivity contribution is 7.92. The molecule has 9 nitrogen and oxygen atoms in total. The van der Waals surface area contributed by atoms with E-state index in [0.29, 0.717) is 45.0 Å². The molecule has 0 radical (unpaired) electrons. The standard InChI is InChI=1S/C30H30FN3O6S/c1-18(35)33-14-15-34(41(3,37)38)26-17-27-25(16-24(26)19-4-5-19)28(30(36)32-2)29(40-27)20-6-10-22(11-7-20)39-23-12-8-21(31)9-13-23/h6-13,16-17,19H,4-5,14-15H2,1-3H3,(H,32,36)(H,33,35). The van der Waals surface area contributed by atoms with E-state index in [4.69, 9.17) is 9.15 Å². The minimum Gasteiger partial charge on any atom is -0.457 e. The van der Waals surface area contributed by atoms with Gasteiger partial charge in [0.2, 0.25) is 15.9 Å². The molecule has 3 aromatic carbocycles. The van der Waals surface area contributed by atoms with Gasteiger partial charge in [-0.3, -0.25) is 13.9 Å². The van der Waals surface area contributed by atoms with Crippen molar-refractivity contribution in [2.24, 2.45) is 0 Å². The summed E-state index contributed by atoms with van der Waals surface area (Å²) in [6, 6.07) is 16.1. The maximum absolute atomic E-state index is 13.2. The fraction of sp³-hybridized carbons (Fsp3) is 0.267. The quantitative estimate of drug-likeness (QED) is 0.268. The number of hydrogen-bond acceptors (Lipinski definition) is 6. The molecule has 2 N–H and O–H groups in total. The molecule has 0 aliphatic heterocycles. The number of anilines is 1. The van der Waals surface area contributed by atoms with E-state index in [-0.39, 0.29) is 36.6 Å². The van der Waals surface area contributed by atoms with Gasteiger partial charge in [0.25, 0.3) is 5.91 Å². The molecule has 0 unspecified atom stereocenters. The van der Waals surface area contributed by atoms with Crippen LogP contribution in [0.15, 0.2) is 65.1 Å². The SMILES string of the molecule is CNC(=O)c1c(-c2ccc(Oc3ccc(F)cc3)cc2)oc2cc(N(CCNC(C)=O)S(C)(=O)=O)c(C3CC3)cc12. The van der Waals surface area contributed by atoms with Crippen molar-refractivity contribution in [3.63, 3.8) is 0 Å². The molecule has 11 heteroatoms. The van der Waals surface area contributed by atoms with Crippen LogP contribution in [0.2, 0.25) is 0 Å². The van der Waals surface area contributed by atoms with Crippen molar-refractivity contribution in [3.05, 3.63) is 77.6 Å². The maximum atomic E-state index is 13.2. The Morgan fingerprint density at radius 2 is 1.68 bits per heavy atom. The van der Waals surface area contributed by atoms with Gasteiger partial charge in [-0.2, -0.15) is 0 Å². The molecule has 2 amide bonds. The van der Waals surface area contributed by atoms with Gasteiger partial charge in [-0.1, -0.05) is 0 Å². The van der Waals surface area contributed by atoms with E-state index in [1.165, 1.54) is 42.5 Å². The van der Waals surface area contributed by atoms with E-state index in [1.807, 2.05) is 6.07 Å². The topological polar surface area (TPSA) is 118 Å². The Kier molecular flexibility index (Phi) is 7.72. The van der Waals surface area contributed by atoms with Gasteiger partial charge in [0.15, 0.2) is 0 Å². The summed E-state index contributed by atoms with van der Waals surface area (Å²) in [6.45, 7) is 1.57. The molecular weight excluding hydrogens is 549 g/mol. The lowest BCUT2D eigenvalue weighted by atomic mass is 10.0. The number of hydrogen-bond donors (Lipinski definition) is 2. The third-order valence-electron chi connectivity index (χ3n) is 6.83. The Hall–Kier alpha value is -4.38. The molecule has 1 aliphatic rings. The van der Waals surface area contributed by atoms with Crippen LogP contribution in [-0.4, -0.2) is 46.6 Å². The normalized spacial score (nSPS) is 13.2. The molecule has 0 atom stereocenters. The number of rotatable bonds is 10. The molecule has 1 aromatic heterocycles. The molecule has 0 spiro atoms. The first-order valence-corrected chi connectivity index (χ1v) is 15.0. The smallest absolute Gasteiger partial charge is 0.255 e. The van der Waals surface area contributed by atoms with Crippen LogP contribution in [-0.2, 0) is 14.8 Å². The van der Waals surface area contributed by atoms with Gasteiger partial charge < -0.3 is 19.8 Å².